The Bertz CT molecular complexity index is 886. The number of esters is 1. The standard InChI is InChI=1S/C19H22ClFN4O3/c1-10(2)15(18(26)28-3)24-19(27)25-7-6-14-16(23-9-22-14)17(25)11-4-5-13(21)12(20)8-11/h4-5,8-10,15,17H,6-7H2,1-3H3,(H,22,23)(H,24,27). The van der Waals surface area contributed by atoms with E-state index >= 15 is 0 Å². The van der Waals surface area contributed by atoms with Crippen LogP contribution < -0.4 is 5.32 Å². The van der Waals surface area contributed by atoms with Crippen LogP contribution in [0, 0.1) is 11.7 Å². The number of fused-ring (bicyclic) bond motifs is 1. The summed E-state index contributed by atoms with van der Waals surface area (Å²) >= 11 is 5.96. The second-order valence-electron chi connectivity index (χ2n) is 6.98. The molecule has 0 bridgehead atoms. The van der Waals surface area contributed by atoms with Crippen molar-refractivity contribution in [2.75, 3.05) is 13.7 Å². The molecule has 0 aliphatic carbocycles. The Balaban J connectivity index is 1.95. The molecule has 2 N–H and O–H groups in total. The van der Waals surface area contributed by atoms with Crippen LogP contribution in [0.2, 0.25) is 5.02 Å². The molecule has 0 saturated heterocycles. The van der Waals surface area contributed by atoms with Gasteiger partial charge in [-0.2, -0.15) is 0 Å². The van der Waals surface area contributed by atoms with Crippen molar-refractivity contribution in [1.29, 1.82) is 0 Å². The third kappa shape index (κ3) is 3.82. The van der Waals surface area contributed by atoms with E-state index in [0.29, 0.717) is 24.2 Å². The SMILES string of the molecule is COC(=O)C(NC(=O)N1CCc2[nH]cnc2C1c1ccc(F)c(Cl)c1)C(C)C. The molecular formula is C19H22ClFN4O3. The summed E-state index contributed by atoms with van der Waals surface area (Å²) < 4.78 is 18.4. The van der Waals surface area contributed by atoms with Crippen LogP contribution in [-0.2, 0) is 16.0 Å². The molecular weight excluding hydrogens is 387 g/mol. The fraction of sp³-hybridized carbons (Fsp3) is 0.421. The lowest BCUT2D eigenvalue weighted by Gasteiger charge is -2.36. The highest BCUT2D eigenvalue weighted by Gasteiger charge is 2.36. The number of nitrogens with zero attached hydrogens (tertiary/aromatic N) is 2. The van der Waals surface area contributed by atoms with E-state index in [0.717, 1.165) is 5.69 Å². The number of H-pyrrole nitrogens is 1. The first-order chi connectivity index (χ1) is 13.3. The van der Waals surface area contributed by atoms with Gasteiger partial charge in [-0.25, -0.2) is 19.0 Å². The molecule has 2 aromatic rings. The summed E-state index contributed by atoms with van der Waals surface area (Å²) in [7, 11) is 1.28. The number of nitrogens with one attached hydrogen (secondary N) is 2. The molecule has 7 nitrogen and oxygen atoms in total. The number of halogens is 2. The Kier molecular flexibility index (Phi) is 5.88. The van der Waals surface area contributed by atoms with Crippen LogP contribution in [-0.4, -0.2) is 46.6 Å². The van der Waals surface area contributed by atoms with Gasteiger partial charge >= 0.3 is 12.0 Å². The number of hydrogen-bond donors (Lipinski definition) is 2. The minimum atomic E-state index is -0.782. The number of methoxy groups -OCH3 is 1. The zero-order chi connectivity index (χ0) is 20.4. The lowest BCUT2D eigenvalue weighted by atomic mass is 9.95. The number of carbonyl (C=O) groups is 2. The van der Waals surface area contributed by atoms with Crippen molar-refractivity contribution in [3.63, 3.8) is 0 Å². The summed E-state index contributed by atoms with van der Waals surface area (Å²) in [6.45, 7) is 4.04. The molecule has 2 amide bonds. The summed E-state index contributed by atoms with van der Waals surface area (Å²) in [5, 5.41) is 2.72. The van der Waals surface area contributed by atoms with Gasteiger partial charge in [0.2, 0.25) is 0 Å². The van der Waals surface area contributed by atoms with Crippen LogP contribution in [0.15, 0.2) is 24.5 Å². The lowest BCUT2D eigenvalue weighted by Crippen LogP contribution is -2.53. The Morgan fingerprint density at radius 2 is 2.18 bits per heavy atom. The van der Waals surface area contributed by atoms with Gasteiger partial charge in [0.1, 0.15) is 17.9 Å². The maximum atomic E-state index is 13.6. The topological polar surface area (TPSA) is 87.3 Å². The number of rotatable bonds is 4. The first-order valence-corrected chi connectivity index (χ1v) is 9.33. The van der Waals surface area contributed by atoms with Crippen molar-refractivity contribution in [1.82, 2.24) is 20.2 Å². The average Bonchev–Trinajstić information content (AvgIpc) is 3.15. The summed E-state index contributed by atoms with van der Waals surface area (Å²) in [6, 6.07) is 2.57. The van der Waals surface area contributed by atoms with Gasteiger partial charge in [0, 0.05) is 18.7 Å². The van der Waals surface area contributed by atoms with E-state index in [2.05, 4.69) is 15.3 Å². The van der Waals surface area contributed by atoms with Crippen molar-refractivity contribution in [2.24, 2.45) is 5.92 Å². The van der Waals surface area contributed by atoms with Crippen LogP contribution in [0.25, 0.3) is 0 Å². The van der Waals surface area contributed by atoms with E-state index < -0.39 is 29.9 Å². The summed E-state index contributed by atoms with van der Waals surface area (Å²) in [6.07, 6.45) is 2.15. The average molecular weight is 409 g/mol. The minimum Gasteiger partial charge on any atom is -0.467 e. The number of carbonyl (C=O) groups excluding carboxylic acids is 2. The molecule has 0 fully saturated rings. The molecule has 3 rings (SSSR count). The van der Waals surface area contributed by atoms with Crippen LogP contribution >= 0.6 is 11.6 Å². The number of hydrogen-bond acceptors (Lipinski definition) is 4. The van der Waals surface area contributed by atoms with Gasteiger partial charge in [-0.15, -0.1) is 0 Å². The fourth-order valence-electron chi connectivity index (χ4n) is 3.36. The number of amides is 2. The highest BCUT2D eigenvalue weighted by molar-refractivity contribution is 6.30. The van der Waals surface area contributed by atoms with E-state index in [9.17, 15) is 14.0 Å². The molecule has 2 unspecified atom stereocenters. The lowest BCUT2D eigenvalue weighted by molar-refractivity contribution is -0.144. The van der Waals surface area contributed by atoms with E-state index in [1.807, 2.05) is 13.8 Å². The zero-order valence-electron chi connectivity index (χ0n) is 15.8. The molecule has 9 heteroatoms. The van der Waals surface area contributed by atoms with Crippen LogP contribution in [0.3, 0.4) is 0 Å². The predicted octanol–water partition coefficient (Wildman–Crippen LogP) is 3.06. The molecule has 2 heterocycles. The Labute approximate surface area is 167 Å². The van der Waals surface area contributed by atoms with Gasteiger partial charge in [0.15, 0.2) is 0 Å². The van der Waals surface area contributed by atoms with Crippen molar-refractivity contribution >= 4 is 23.6 Å². The zero-order valence-corrected chi connectivity index (χ0v) is 16.6. The quantitative estimate of drug-likeness (QED) is 0.761. The number of aromatic amines is 1. The molecule has 1 aliphatic heterocycles. The first kappa shape index (κ1) is 20.1. The van der Waals surface area contributed by atoms with Crippen molar-refractivity contribution < 1.29 is 18.7 Å². The number of imidazole rings is 1. The number of aromatic nitrogens is 2. The number of benzene rings is 1. The highest BCUT2D eigenvalue weighted by Crippen LogP contribution is 2.35. The normalized spacial score (nSPS) is 17.2. The molecule has 2 atom stereocenters. The van der Waals surface area contributed by atoms with E-state index in [-0.39, 0.29) is 10.9 Å². The molecule has 0 radical (unpaired) electrons. The Hall–Kier alpha value is -2.61. The van der Waals surface area contributed by atoms with Gasteiger partial charge in [-0.3, -0.25) is 0 Å². The van der Waals surface area contributed by atoms with Crippen molar-refractivity contribution in [3.05, 3.63) is 52.3 Å². The maximum absolute atomic E-state index is 13.6. The minimum absolute atomic E-state index is 0.0323. The molecule has 1 aliphatic rings. The van der Waals surface area contributed by atoms with Gasteiger partial charge in [-0.1, -0.05) is 31.5 Å². The second kappa shape index (κ2) is 8.18. The summed E-state index contributed by atoms with van der Waals surface area (Å²) in [5.41, 5.74) is 2.21. The van der Waals surface area contributed by atoms with E-state index in [1.54, 1.807) is 17.3 Å². The third-order valence-corrected chi connectivity index (χ3v) is 5.14. The third-order valence-electron chi connectivity index (χ3n) is 4.85. The number of ether oxygens (including phenoxy) is 1. The second-order valence-corrected chi connectivity index (χ2v) is 7.39. The first-order valence-electron chi connectivity index (χ1n) is 8.95. The number of urea groups is 1. The van der Waals surface area contributed by atoms with Gasteiger partial charge in [0.25, 0.3) is 0 Å². The van der Waals surface area contributed by atoms with Crippen LogP contribution in [0.4, 0.5) is 9.18 Å². The molecule has 0 saturated carbocycles. The molecule has 28 heavy (non-hydrogen) atoms. The molecule has 1 aromatic heterocycles. The molecule has 1 aromatic carbocycles. The maximum Gasteiger partial charge on any atom is 0.328 e. The van der Waals surface area contributed by atoms with Crippen LogP contribution in [0.1, 0.15) is 36.8 Å². The van der Waals surface area contributed by atoms with Gasteiger partial charge in [-0.05, 0) is 23.6 Å². The van der Waals surface area contributed by atoms with E-state index in [4.69, 9.17) is 16.3 Å². The Morgan fingerprint density at radius 1 is 1.43 bits per heavy atom. The molecule has 0 spiro atoms. The van der Waals surface area contributed by atoms with Gasteiger partial charge < -0.3 is 19.9 Å². The molecule has 150 valence electrons. The smallest absolute Gasteiger partial charge is 0.328 e. The van der Waals surface area contributed by atoms with Gasteiger partial charge in [0.05, 0.1) is 24.2 Å². The fourth-order valence-corrected chi connectivity index (χ4v) is 3.55. The highest BCUT2D eigenvalue weighted by atomic mass is 35.5. The van der Waals surface area contributed by atoms with E-state index in [1.165, 1.54) is 19.2 Å². The van der Waals surface area contributed by atoms with Crippen LogP contribution in [0.5, 0.6) is 0 Å². The summed E-state index contributed by atoms with van der Waals surface area (Å²) in [5.74, 6) is -1.20. The van der Waals surface area contributed by atoms with Crippen molar-refractivity contribution in [3.8, 4) is 0 Å². The van der Waals surface area contributed by atoms with Crippen molar-refractivity contribution in [2.45, 2.75) is 32.4 Å². The Morgan fingerprint density at radius 3 is 2.82 bits per heavy atom. The summed E-state index contributed by atoms with van der Waals surface area (Å²) in [4.78, 5) is 34.1. The monoisotopic (exact) mass is 408 g/mol. The predicted molar refractivity (Wildman–Crippen MR) is 101 cm³/mol. The largest absolute Gasteiger partial charge is 0.467 e.